The zero-order valence-electron chi connectivity index (χ0n) is 12.1. The summed E-state index contributed by atoms with van der Waals surface area (Å²) < 4.78 is 5.27. The molecule has 0 aromatic heterocycles. The van der Waals surface area contributed by atoms with Crippen molar-refractivity contribution in [3.63, 3.8) is 0 Å². The molecule has 6 heteroatoms. The van der Waals surface area contributed by atoms with E-state index >= 15 is 0 Å². The van der Waals surface area contributed by atoms with Crippen LogP contribution in [0, 0.1) is 0 Å². The molecule has 0 aliphatic heterocycles. The van der Waals surface area contributed by atoms with Crippen LogP contribution >= 0.6 is 0 Å². The Balaban J connectivity index is 2.36. The highest BCUT2D eigenvalue weighted by atomic mass is 16.5. The number of aliphatic hydroxyl groups excluding tert-OH is 5. The van der Waals surface area contributed by atoms with Crippen LogP contribution in [0.25, 0.3) is 0 Å². The van der Waals surface area contributed by atoms with Crippen molar-refractivity contribution < 1.29 is 30.3 Å². The first kappa shape index (κ1) is 18.0. The van der Waals surface area contributed by atoms with Gasteiger partial charge in [-0.05, 0) is 17.5 Å². The Hall–Kier alpha value is -1.02. The van der Waals surface area contributed by atoms with Gasteiger partial charge in [0.2, 0.25) is 0 Å². The Morgan fingerprint density at radius 3 is 1.95 bits per heavy atom. The summed E-state index contributed by atoms with van der Waals surface area (Å²) in [5, 5.41) is 46.6. The second kappa shape index (κ2) is 9.09. The molecule has 0 saturated heterocycles. The Morgan fingerprint density at radius 2 is 1.43 bits per heavy atom. The van der Waals surface area contributed by atoms with Gasteiger partial charge in [0.1, 0.15) is 24.4 Å². The minimum atomic E-state index is -1.63. The monoisotopic (exact) mass is 300 g/mol. The predicted molar refractivity (Wildman–Crippen MR) is 76.6 cm³/mol. The molecule has 0 saturated carbocycles. The maximum absolute atomic E-state index is 9.66. The van der Waals surface area contributed by atoms with E-state index in [1.54, 1.807) is 0 Å². The fraction of sp³-hybridized carbons (Fsp3) is 0.600. The van der Waals surface area contributed by atoms with Crippen molar-refractivity contribution in [1.29, 1.82) is 0 Å². The number of hydrogen-bond donors (Lipinski definition) is 5. The summed E-state index contributed by atoms with van der Waals surface area (Å²) in [5.41, 5.74) is 2.15. The molecule has 0 aliphatic rings. The van der Waals surface area contributed by atoms with E-state index in [1.165, 1.54) is 5.56 Å². The molecule has 4 atom stereocenters. The second-order valence-electron chi connectivity index (χ2n) is 4.98. The van der Waals surface area contributed by atoms with Gasteiger partial charge in [-0.1, -0.05) is 31.2 Å². The largest absolute Gasteiger partial charge is 0.394 e. The van der Waals surface area contributed by atoms with Crippen LogP contribution in [-0.2, 0) is 17.8 Å². The molecule has 0 heterocycles. The SMILES string of the molecule is CCc1ccc(COCC(O)C(O)C(O)C(O)CO)cc1. The van der Waals surface area contributed by atoms with Crippen LogP contribution in [0.4, 0.5) is 0 Å². The van der Waals surface area contributed by atoms with Gasteiger partial charge in [0.25, 0.3) is 0 Å². The van der Waals surface area contributed by atoms with Gasteiger partial charge in [0, 0.05) is 0 Å². The lowest BCUT2D eigenvalue weighted by atomic mass is 10.0. The standard InChI is InChI=1S/C15H24O6/c1-2-10-3-5-11(6-4-10)8-21-9-13(18)15(20)14(19)12(17)7-16/h3-6,12-20H,2,7-9H2,1H3. The van der Waals surface area contributed by atoms with Crippen LogP contribution in [0.3, 0.4) is 0 Å². The van der Waals surface area contributed by atoms with Crippen LogP contribution in [-0.4, -0.2) is 63.2 Å². The van der Waals surface area contributed by atoms with Gasteiger partial charge in [0.15, 0.2) is 0 Å². The fourth-order valence-electron chi connectivity index (χ4n) is 1.83. The molecule has 1 rings (SSSR count). The quantitative estimate of drug-likeness (QED) is 0.408. The van der Waals surface area contributed by atoms with E-state index < -0.39 is 31.0 Å². The van der Waals surface area contributed by atoms with Crippen LogP contribution in [0.2, 0.25) is 0 Å². The Kier molecular flexibility index (Phi) is 7.81. The van der Waals surface area contributed by atoms with Crippen molar-refractivity contribution in [3.05, 3.63) is 35.4 Å². The van der Waals surface area contributed by atoms with Gasteiger partial charge in [-0.15, -0.1) is 0 Å². The van der Waals surface area contributed by atoms with Crippen LogP contribution in [0.1, 0.15) is 18.1 Å². The molecule has 0 spiro atoms. The predicted octanol–water partition coefficient (Wildman–Crippen LogP) is -0.799. The van der Waals surface area contributed by atoms with Gasteiger partial charge in [-0.3, -0.25) is 0 Å². The number of ether oxygens (including phenoxy) is 1. The summed E-state index contributed by atoms with van der Waals surface area (Å²) in [5.74, 6) is 0. The van der Waals surface area contributed by atoms with Gasteiger partial charge in [0.05, 0.1) is 19.8 Å². The molecule has 1 aromatic carbocycles. The first-order valence-electron chi connectivity index (χ1n) is 6.98. The number of hydrogen-bond acceptors (Lipinski definition) is 6. The molecule has 0 amide bonds. The zero-order valence-corrected chi connectivity index (χ0v) is 12.1. The third kappa shape index (κ3) is 5.70. The van der Waals surface area contributed by atoms with E-state index in [0.717, 1.165) is 12.0 Å². The molecule has 0 aliphatic carbocycles. The van der Waals surface area contributed by atoms with Crippen molar-refractivity contribution in [2.45, 2.75) is 44.4 Å². The minimum absolute atomic E-state index is 0.189. The van der Waals surface area contributed by atoms with Crippen molar-refractivity contribution in [3.8, 4) is 0 Å². The molecule has 1 aromatic rings. The van der Waals surface area contributed by atoms with Gasteiger partial charge >= 0.3 is 0 Å². The van der Waals surface area contributed by atoms with E-state index in [-0.39, 0.29) is 13.2 Å². The van der Waals surface area contributed by atoms with Crippen molar-refractivity contribution in [2.24, 2.45) is 0 Å². The maximum atomic E-state index is 9.66. The summed E-state index contributed by atoms with van der Waals surface area (Å²) in [6, 6.07) is 7.83. The Bertz CT molecular complexity index is 394. The topological polar surface area (TPSA) is 110 Å². The smallest absolute Gasteiger partial charge is 0.111 e. The lowest BCUT2D eigenvalue weighted by Gasteiger charge is -2.25. The van der Waals surface area contributed by atoms with Crippen molar-refractivity contribution in [1.82, 2.24) is 0 Å². The van der Waals surface area contributed by atoms with Crippen LogP contribution in [0.5, 0.6) is 0 Å². The first-order chi connectivity index (χ1) is 9.99. The van der Waals surface area contributed by atoms with Gasteiger partial charge in [-0.25, -0.2) is 0 Å². The summed E-state index contributed by atoms with van der Waals surface area (Å²) in [4.78, 5) is 0. The fourth-order valence-corrected chi connectivity index (χ4v) is 1.83. The summed E-state index contributed by atoms with van der Waals surface area (Å²) in [6.07, 6.45) is -5.11. The minimum Gasteiger partial charge on any atom is -0.394 e. The number of aliphatic hydroxyl groups is 5. The molecule has 0 fully saturated rings. The first-order valence-corrected chi connectivity index (χ1v) is 6.98. The van der Waals surface area contributed by atoms with Gasteiger partial charge in [-0.2, -0.15) is 0 Å². The average Bonchev–Trinajstić information content (AvgIpc) is 2.53. The third-order valence-electron chi connectivity index (χ3n) is 3.31. The molecule has 21 heavy (non-hydrogen) atoms. The van der Waals surface area contributed by atoms with E-state index in [9.17, 15) is 20.4 Å². The van der Waals surface area contributed by atoms with E-state index in [2.05, 4.69) is 6.92 Å². The molecule has 4 unspecified atom stereocenters. The summed E-state index contributed by atoms with van der Waals surface area (Å²) in [7, 11) is 0. The normalized spacial score (nSPS) is 17.2. The van der Waals surface area contributed by atoms with Crippen LogP contribution < -0.4 is 0 Å². The molecular formula is C15H24O6. The highest BCUT2D eigenvalue weighted by Gasteiger charge is 2.29. The number of aryl methyl sites for hydroxylation is 1. The molecule has 0 bridgehead atoms. The maximum Gasteiger partial charge on any atom is 0.111 e. The summed E-state index contributed by atoms with van der Waals surface area (Å²) in [6.45, 7) is 1.45. The number of benzene rings is 1. The molecule has 0 radical (unpaired) electrons. The molecule has 120 valence electrons. The lowest BCUT2D eigenvalue weighted by Crippen LogP contribution is -2.47. The number of rotatable bonds is 9. The second-order valence-corrected chi connectivity index (χ2v) is 4.98. The highest BCUT2D eigenvalue weighted by molar-refractivity contribution is 5.21. The molecule has 6 nitrogen and oxygen atoms in total. The van der Waals surface area contributed by atoms with E-state index in [0.29, 0.717) is 0 Å². The Morgan fingerprint density at radius 1 is 0.905 bits per heavy atom. The zero-order chi connectivity index (χ0) is 15.8. The molecule has 5 N–H and O–H groups in total. The lowest BCUT2D eigenvalue weighted by molar-refractivity contribution is -0.130. The van der Waals surface area contributed by atoms with E-state index in [1.807, 2.05) is 24.3 Å². The van der Waals surface area contributed by atoms with Crippen LogP contribution in [0.15, 0.2) is 24.3 Å². The van der Waals surface area contributed by atoms with Gasteiger partial charge < -0.3 is 30.3 Å². The van der Waals surface area contributed by atoms with Crippen molar-refractivity contribution >= 4 is 0 Å². The third-order valence-corrected chi connectivity index (χ3v) is 3.31. The Labute approximate surface area is 124 Å². The highest BCUT2D eigenvalue weighted by Crippen LogP contribution is 2.09. The molecular weight excluding hydrogens is 276 g/mol. The van der Waals surface area contributed by atoms with E-state index in [4.69, 9.17) is 9.84 Å². The summed E-state index contributed by atoms with van der Waals surface area (Å²) >= 11 is 0. The van der Waals surface area contributed by atoms with Crippen molar-refractivity contribution in [2.75, 3.05) is 13.2 Å². The average molecular weight is 300 g/mol.